The number of halogens is 1. The smallest absolute Gasteiger partial charge is 0.269 e. The zero-order chi connectivity index (χ0) is 15.4. The molecule has 122 valence electrons. The summed E-state index contributed by atoms with van der Waals surface area (Å²) in [5.74, 6) is 0.355. The van der Waals surface area contributed by atoms with Crippen molar-refractivity contribution in [1.82, 2.24) is 4.90 Å². The summed E-state index contributed by atoms with van der Waals surface area (Å²) in [5.41, 5.74) is 6.62. The number of carbonyl (C=O) groups is 1. The lowest BCUT2D eigenvalue weighted by Gasteiger charge is -2.34. The Labute approximate surface area is 136 Å². The number of nitrogens with two attached hydrogens (primary N) is 1. The van der Waals surface area contributed by atoms with Crippen molar-refractivity contribution >= 4 is 24.0 Å². The molecule has 0 aliphatic carbocycles. The molecule has 1 aromatic rings. The standard InChI is InChI=1S/C15H21N3O3.ClH/c1-11(16)13-5-3-7-17(10-13)15(19)9-12-4-2-6-14(8-12)18(20)21;/h2,4,6,8,11,13H,3,5,7,9-10,16H2,1H3;1H. The molecule has 1 aliphatic rings. The Morgan fingerprint density at radius 3 is 2.91 bits per heavy atom. The van der Waals surface area contributed by atoms with Gasteiger partial charge in [0, 0.05) is 31.3 Å². The van der Waals surface area contributed by atoms with E-state index in [4.69, 9.17) is 5.73 Å². The molecule has 0 saturated carbocycles. The highest BCUT2D eigenvalue weighted by atomic mass is 35.5. The Hall–Kier alpha value is -1.66. The van der Waals surface area contributed by atoms with Crippen molar-refractivity contribution in [3.05, 3.63) is 39.9 Å². The molecule has 2 N–H and O–H groups in total. The summed E-state index contributed by atoms with van der Waals surface area (Å²) in [4.78, 5) is 24.5. The molecule has 7 heteroatoms. The molecular weight excluding hydrogens is 306 g/mol. The third-order valence-electron chi connectivity index (χ3n) is 4.03. The van der Waals surface area contributed by atoms with Gasteiger partial charge >= 0.3 is 0 Å². The SMILES string of the molecule is CC(N)C1CCCN(C(=O)Cc2cccc([N+](=O)[O-])c2)C1.Cl. The van der Waals surface area contributed by atoms with Crippen LogP contribution in [0.15, 0.2) is 24.3 Å². The minimum atomic E-state index is -0.443. The van der Waals surface area contributed by atoms with E-state index in [1.165, 1.54) is 12.1 Å². The molecule has 1 heterocycles. The van der Waals surface area contributed by atoms with E-state index >= 15 is 0 Å². The Morgan fingerprint density at radius 1 is 1.55 bits per heavy atom. The summed E-state index contributed by atoms with van der Waals surface area (Å²) in [6, 6.07) is 6.34. The number of non-ortho nitro benzene ring substituents is 1. The Bertz CT molecular complexity index is 537. The van der Waals surface area contributed by atoms with Gasteiger partial charge in [-0.3, -0.25) is 14.9 Å². The number of rotatable bonds is 4. The van der Waals surface area contributed by atoms with Crippen molar-refractivity contribution in [3.63, 3.8) is 0 Å². The normalized spacial score (nSPS) is 19.2. The fraction of sp³-hybridized carbons (Fsp3) is 0.533. The highest BCUT2D eigenvalue weighted by Crippen LogP contribution is 2.20. The van der Waals surface area contributed by atoms with Crippen LogP contribution in [-0.4, -0.2) is 34.9 Å². The number of carbonyl (C=O) groups excluding carboxylic acids is 1. The van der Waals surface area contributed by atoms with Crippen LogP contribution >= 0.6 is 12.4 Å². The van der Waals surface area contributed by atoms with Gasteiger partial charge in [0.15, 0.2) is 0 Å². The van der Waals surface area contributed by atoms with Gasteiger partial charge in [-0.25, -0.2) is 0 Å². The first-order valence-corrected chi connectivity index (χ1v) is 7.24. The zero-order valence-corrected chi connectivity index (χ0v) is 13.4. The predicted molar refractivity (Wildman–Crippen MR) is 87.0 cm³/mol. The van der Waals surface area contributed by atoms with E-state index in [-0.39, 0.29) is 36.5 Å². The number of hydrogen-bond donors (Lipinski definition) is 1. The maximum absolute atomic E-state index is 12.3. The molecular formula is C15H22ClN3O3. The molecule has 0 aromatic heterocycles. The molecule has 0 radical (unpaired) electrons. The van der Waals surface area contributed by atoms with Gasteiger partial charge < -0.3 is 10.6 Å². The lowest BCUT2D eigenvalue weighted by Crippen LogP contribution is -2.45. The maximum atomic E-state index is 12.3. The second-order valence-electron chi connectivity index (χ2n) is 5.70. The van der Waals surface area contributed by atoms with E-state index in [0.717, 1.165) is 19.4 Å². The highest BCUT2D eigenvalue weighted by molar-refractivity contribution is 5.85. The minimum Gasteiger partial charge on any atom is -0.342 e. The third kappa shape index (κ3) is 4.68. The van der Waals surface area contributed by atoms with Crippen LogP contribution in [0.1, 0.15) is 25.3 Å². The minimum absolute atomic E-state index is 0. The van der Waals surface area contributed by atoms with Gasteiger partial charge in [0.25, 0.3) is 5.69 Å². The van der Waals surface area contributed by atoms with Gasteiger partial charge in [0.05, 0.1) is 11.3 Å². The highest BCUT2D eigenvalue weighted by Gasteiger charge is 2.25. The van der Waals surface area contributed by atoms with Crippen molar-refractivity contribution < 1.29 is 9.72 Å². The Morgan fingerprint density at radius 2 is 2.27 bits per heavy atom. The Balaban J connectivity index is 0.00000242. The summed E-state index contributed by atoms with van der Waals surface area (Å²) < 4.78 is 0. The van der Waals surface area contributed by atoms with Crippen molar-refractivity contribution in [3.8, 4) is 0 Å². The molecule has 0 bridgehead atoms. The first kappa shape index (κ1) is 18.4. The quantitative estimate of drug-likeness (QED) is 0.677. The molecule has 1 fully saturated rings. The van der Waals surface area contributed by atoms with E-state index in [1.807, 2.05) is 11.8 Å². The van der Waals surface area contributed by atoms with Crippen molar-refractivity contribution in [2.24, 2.45) is 11.7 Å². The predicted octanol–water partition coefficient (Wildman–Crippen LogP) is 2.14. The number of nitro groups is 1. The molecule has 1 amide bonds. The second kappa shape index (κ2) is 8.10. The molecule has 1 aromatic carbocycles. The van der Waals surface area contributed by atoms with Gasteiger partial charge in [-0.15, -0.1) is 12.4 Å². The summed E-state index contributed by atoms with van der Waals surface area (Å²) in [6.45, 7) is 3.40. The number of nitrogens with zero attached hydrogens (tertiary/aromatic N) is 2. The number of amides is 1. The van der Waals surface area contributed by atoms with Crippen molar-refractivity contribution in [1.29, 1.82) is 0 Å². The Kier molecular flexibility index (Phi) is 6.77. The molecule has 0 spiro atoms. The van der Waals surface area contributed by atoms with Crippen LogP contribution in [0.5, 0.6) is 0 Å². The average Bonchev–Trinajstić information content (AvgIpc) is 2.47. The fourth-order valence-corrected chi connectivity index (χ4v) is 2.73. The first-order chi connectivity index (χ1) is 9.97. The molecule has 6 nitrogen and oxygen atoms in total. The molecule has 2 atom stereocenters. The number of hydrogen-bond acceptors (Lipinski definition) is 4. The van der Waals surface area contributed by atoms with Gasteiger partial charge in [0.1, 0.15) is 0 Å². The summed E-state index contributed by atoms with van der Waals surface area (Å²) in [5, 5.41) is 10.8. The number of nitro benzene ring substituents is 1. The molecule has 22 heavy (non-hydrogen) atoms. The number of likely N-dealkylation sites (tertiary alicyclic amines) is 1. The summed E-state index contributed by atoms with van der Waals surface area (Å²) in [6.07, 6.45) is 2.22. The van der Waals surface area contributed by atoms with Crippen LogP contribution in [0.4, 0.5) is 5.69 Å². The number of piperidine rings is 1. The van der Waals surface area contributed by atoms with E-state index in [2.05, 4.69) is 0 Å². The van der Waals surface area contributed by atoms with E-state index in [1.54, 1.807) is 12.1 Å². The van der Waals surface area contributed by atoms with Crippen LogP contribution in [0.2, 0.25) is 0 Å². The molecule has 1 saturated heterocycles. The van der Waals surface area contributed by atoms with Crippen LogP contribution in [0.25, 0.3) is 0 Å². The molecule has 2 rings (SSSR count). The van der Waals surface area contributed by atoms with E-state index < -0.39 is 4.92 Å². The lowest BCUT2D eigenvalue weighted by atomic mass is 9.92. The van der Waals surface area contributed by atoms with Crippen LogP contribution in [-0.2, 0) is 11.2 Å². The zero-order valence-electron chi connectivity index (χ0n) is 12.6. The van der Waals surface area contributed by atoms with Gasteiger partial charge in [0.2, 0.25) is 5.91 Å². The van der Waals surface area contributed by atoms with Crippen molar-refractivity contribution in [2.45, 2.75) is 32.2 Å². The van der Waals surface area contributed by atoms with Crippen LogP contribution in [0.3, 0.4) is 0 Å². The monoisotopic (exact) mass is 327 g/mol. The van der Waals surface area contributed by atoms with Crippen molar-refractivity contribution in [2.75, 3.05) is 13.1 Å². The second-order valence-corrected chi connectivity index (χ2v) is 5.70. The summed E-state index contributed by atoms with van der Waals surface area (Å²) >= 11 is 0. The first-order valence-electron chi connectivity index (χ1n) is 7.24. The fourth-order valence-electron chi connectivity index (χ4n) is 2.73. The van der Waals surface area contributed by atoms with Gasteiger partial charge in [-0.1, -0.05) is 12.1 Å². The third-order valence-corrected chi connectivity index (χ3v) is 4.03. The average molecular weight is 328 g/mol. The molecule has 1 aliphatic heterocycles. The van der Waals surface area contributed by atoms with Crippen LogP contribution < -0.4 is 5.73 Å². The van der Waals surface area contributed by atoms with Crippen LogP contribution in [0, 0.1) is 16.0 Å². The summed E-state index contributed by atoms with van der Waals surface area (Å²) in [7, 11) is 0. The maximum Gasteiger partial charge on any atom is 0.269 e. The largest absolute Gasteiger partial charge is 0.342 e. The van der Waals surface area contributed by atoms with E-state index in [0.29, 0.717) is 18.0 Å². The van der Waals surface area contributed by atoms with Gasteiger partial charge in [-0.2, -0.15) is 0 Å². The number of benzene rings is 1. The van der Waals surface area contributed by atoms with E-state index in [9.17, 15) is 14.9 Å². The lowest BCUT2D eigenvalue weighted by molar-refractivity contribution is -0.384. The van der Waals surface area contributed by atoms with Gasteiger partial charge in [-0.05, 0) is 31.2 Å². The molecule has 2 unspecified atom stereocenters. The topological polar surface area (TPSA) is 89.5 Å².